The van der Waals surface area contributed by atoms with Gasteiger partial charge in [0, 0.05) is 30.3 Å². The topological polar surface area (TPSA) is 97.1 Å². The Morgan fingerprint density at radius 1 is 1.33 bits per heavy atom. The van der Waals surface area contributed by atoms with Gasteiger partial charge in [0.2, 0.25) is 0 Å². The van der Waals surface area contributed by atoms with Gasteiger partial charge < -0.3 is 14.2 Å². The lowest BCUT2D eigenvalue weighted by Gasteiger charge is -2.19. The normalized spacial score (nSPS) is 16.7. The third-order valence-corrected chi connectivity index (χ3v) is 4.97. The van der Waals surface area contributed by atoms with Crippen molar-refractivity contribution >= 4 is 17.3 Å². The predicted octanol–water partition coefficient (Wildman–Crippen LogP) is 2.75. The quantitative estimate of drug-likeness (QED) is 0.735. The Bertz CT molecular complexity index is 1010. The molecule has 0 saturated carbocycles. The number of rotatable bonds is 4. The van der Waals surface area contributed by atoms with E-state index in [0.29, 0.717) is 18.0 Å². The maximum absolute atomic E-state index is 11.6. The van der Waals surface area contributed by atoms with Crippen LogP contribution in [-0.2, 0) is 0 Å². The molecule has 0 bridgehead atoms. The number of anilines is 1. The summed E-state index contributed by atoms with van der Waals surface area (Å²) in [5.74, 6) is 1.42. The first kappa shape index (κ1) is 17.5. The molecule has 0 aliphatic carbocycles. The Balaban J connectivity index is 1.50. The molecule has 1 atom stereocenters. The second kappa shape index (κ2) is 7.03. The molecule has 4 rings (SSSR count). The van der Waals surface area contributed by atoms with Crippen LogP contribution in [0.2, 0.25) is 5.02 Å². The summed E-state index contributed by atoms with van der Waals surface area (Å²) in [6.07, 6.45) is 5.78. The summed E-state index contributed by atoms with van der Waals surface area (Å²) in [5, 5.41) is 10.3. The number of aromatic amines is 1. The Labute approximate surface area is 160 Å². The zero-order chi connectivity index (χ0) is 19.0. The summed E-state index contributed by atoms with van der Waals surface area (Å²) in [4.78, 5) is 17.9. The third kappa shape index (κ3) is 3.40. The van der Waals surface area contributed by atoms with Gasteiger partial charge in [0.05, 0.1) is 30.3 Å². The minimum absolute atomic E-state index is 0.0397. The zero-order valence-corrected chi connectivity index (χ0v) is 15.7. The van der Waals surface area contributed by atoms with Crippen molar-refractivity contribution in [2.75, 3.05) is 18.0 Å². The van der Waals surface area contributed by atoms with Crippen LogP contribution in [-0.4, -0.2) is 39.5 Å². The van der Waals surface area contributed by atoms with Crippen molar-refractivity contribution in [2.45, 2.75) is 26.4 Å². The van der Waals surface area contributed by atoms with E-state index in [1.54, 1.807) is 18.6 Å². The first-order valence-electron chi connectivity index (χ1n) is 8.56. The molecule has 0 amide bonds. The fraction of sp³-hybridized carbons (Fsp3) is 0.333. The maximum Gasteiger partial charge on any atom is 0.285 e. The molecule has 1 fully saturated rings. The summed E-state index contributed by atoms with van der Waals surface area (Å²) in [5.41, 5.74) is 2.88. The van der Waals surface area contributed by atoms with Gasteiger partial charge in [0.25, 0.3) is 5.56 Å². The van der Waals surface area contributed by atoms with E-state index in [1.807, 2.05) is 24.8 Å². The molecule has 1 saturated heterocycles. The van der Waals surface area contributed by atoms with Gasteiger partial charge in [-0.05, 0) is 19.9 Å². The van der Waals surface area contributed by atoms with E-state index in [1.165, 1.54) is 0 Å². The van der Waals surface area contributed by atoms with E-state index in [9.17, 15) is 4.79 Å². The lowest BCUT2D eigenvalue weighted by Crippen LogP contribution is -2.26. The standard InChI is InChI=1S/C18H18ClN5O3/c1-10-16(11(2)27-23-10)12-5-14(7-20-6-12)26-13-3-4-24(9-13)15-8-21-22-18(25)17(15)19/h5-8,13H,3-4,9H2,1-2H3,(H,22,25)/t13-/m1/s1. The van der Waals surface area contributed by atoms with Crippen LogP contribution in [0.1, 0.15) is 17.9 Å². The van der Waals surface area contributed by atoms with Crippen molar-refractivity contribution in [3.63, 3.8) is 0 Å². The molecule has 8 nitrogen and oxygen atoms in total. The van der Waals surface area contributed by atoms with Crippen molar-refractivity contribution in [1.29, 1.82) is 0 Å². The van der Waals surface area contributed by atoms with Crippen molar-refractivity contribution < 1.29 is 9.26 Å². The number of hydrogen-bond donors (Lipinski definition) is 1. The molecule has 9 heteroatoms. The minimum Gasteiger partial charge on any atom is -0.487 e. The van der Waals surface area contributed by atoms with Crippen LogP contribution in [0.5, 0.6) is 5.75 Å². The molecule has 1 N–H and O–H groups in total. The second-order valence-corrected chi connectivity index (χ2v) is 6.86. The van der Waals surface area contributed by atoms with Crippen LogP contribution >= 0.6 is 11.6 Å². The molecule has 0 aromatic carbocycles. The fourth-order valence-electron chi connectivity index (χ4n) is 3.35. The highest BCUT2D eigenvalue weighted by Crippen LogP contribution is 2.30. The Morgan fingerprint density at radius 3 is 2.96 bits per heavy atom. The molecule has 4 heterocycles. The van der Waals surface area contributed by atoms with E-state index in [4.69, 9.17) is 20.9 Å². The highest BCUT2D eigenvalue weighted by atomic mass is 35.5. The number of hydrogen-bond acceptors (Lipinski definition) is 7. The van der Waals surface area contributed by atoms with Gasteiger partial charge in [-0.15, -0.1) is 0 Å². The van der Waals surface area contributed by atoms with Crippen LogP contribution in [0.25, 0.3) is 11.1 Å². The van der Waals surface area contributed by atoms with Crippen LogP contribution in [0.3, 0.4) is 0 Å². The number of H-pyrrole nitrogens is 1. The van der Waals surface area contributed by atoms with E-state index in [-0.39, 0.29) is 11.1 Å². The van der Waals surface area contributed by atoms with Crippen molar-refractivity contribution in [1.82, 2.24) is 20.3 Å². The smallest absolute Gasteiger partial charge is 0.285 e. The van der Waals surface area contributed by atoms with E-state index >= 15 is 0 Å². The number of nitrogens with one attached hydrogen (secondary N) is 1. The molecule has 3 aromatic heterocycles. The highest BCUT2D eigenvalue weighted by Gasteiger charge is 2.27. The van der Waals surface area contributed by atoms with Crippen molar-refractivity contribution in [3.8, 4) is 16.9 Å². The van der Waals surface area contributed by atoms with Gasteiger partial charge in [0.1, 0.15) is 22.6 Å². The number of halogens is 1. The fourth-order valence-corrected chi connectivity index (χ4v) is 3.56. The van der Waals surface area contributed by atoms with Crippen LogP contribution in [0.15, 0.2) is 34.0 Å². The monoisotopic (exact) mass is 387 g/mol. The highest BCUT2D eigenvalue weighted by molar-refractivity contribution is 6.33. The molecule has 3 aromatic rings. The molecule has 1 aliphatic rings. The molecule has 0 unspecified atom stereocenters. The molecular weight excluding hydrogens is 370 g/mol. The maximum atomic E-state index is 11.6. The van der Waals surface area contributed by atoms with Gasteiger partial charge in [-0.25, -0.2) is 5.10 Å². The zero-order valence-electron chi connectivity index (χ0n) is 14.9. The summed E-state index contributed by atoms with van der Waals surface area (Å²) in [6, 6.07) is 1.93. The Hall–Kier alpha value is -2.87. The molecule has 27 heavy (non-hydrogen) atoms. The number of aromatic nitrogens is 4. The number of ether oxygens (including phenoxy) is 1. The Kier molecular flexibility index (Phi) is 4.57. The molecule has 0 spiro atoms. The molecule has 0 radical (unpaired) electrons. The van der Waals surface area contributed by atoms with Gasteiger partial charge in [-0.2, -0.15) is 5.10 Å². The van der Waals surface area contributed by atoms with Crippen LogP contribution in [0, 0.1) is 13.8 Å². The summed E-state index contributed by atoms with van der Waals surface area (Å²) in [7, 11) is 0. The minimum atomic E-state index is -0.394. The van der Waals surface area contributed by atoms with Gasteiger partial charge >= 0.3 is 0 Å². The predicted molar refractivity (Wildman–Crippen MR) is 100 cm³/mol. The third-order valence-electron chi connectivity index (χ3n) is 4.60. The number of pyridine rings is 1. The first-order chi connectivity index (χ1) is 13.0. The van der Waals surface area contributed by atoms with Crippen LogP contribution in [0.4, 0.5) is 5.69 Å². The van der Waals surface area contributed by atoms with Crippen molar-refractivity contribution in [2.24, 2.45) is 0 Å². The average Bonchev–Trinajstić information content (AvgIpc) is 3.24. The Morgan fingerprint density at radius 2 is 2.19 bits per heavy atom. The SMILES string of the molecule is Cc1noc(C)c1-c1cncc(O[C@@H]2CCN(c3cn[nH]c(=O)c3Cl)C2)c1. The summed E-state index contributed by atoms with van der Waals surface area (Å²) in [6.45, 7) is 5.11. The summed E-state index contributed by atoms with van der Waals surface area (Å²) < 4.78 is 11.3. The summed E-state index contributed by atoms with van der Waals surface area (Å²) >= 11 is 6.10. The van der Waals surface area contributed by atoms with E-state index < -0.39 is 5.56 Å². The van der Waals surface area contributed by atoms with E-state index in [0.717, 1.165) is 35.5 Å². The molecule has 1 aliphatic heterocycles. The largest absolute Gasteiger partial charge is 0.487 e. The molecular formula is C18H18ClN5O3. The first-order valence-corrected chi connectivity index (χ1v) is 8.94. The molecule has 140 valence electrons. The number of aryl methyl sites for hydroxylation is 2. The second-order valence-electron chi connectivity index (χ2n) is 6.48. The lowest BCUT2D eigenvalue weighted by atomic mass is 10.1. The lowest BCUT2D eigenvalue weighted by molar-refractivity contribution is 0.224. The average molecular weight is 388 g/mol. The van der Waals surface area contributed by atoms with Gasteiger partial charge in [0.15, 0.2) is 0 Å². The van der Waals surface area contributed by atoms with Crippen molar-refractivity contribution in [3.05, 3.63) is 51.5 Å². The van der Waals surface area contributed by atoms with Crippen LogP contribution < -0.4 is 15.2 Å². The van der Waals surface area contributed by atoms with E-state index in [2.05, 4.69) is 20.3 Å². The van der Waals surface area contributed by atoms with Gasteiger partial charge in [-0.1, -0.05) is 16.8 Å². The van der Waals surface area contributed by atoms with Gasteiger partial charge in [-0.3, -0.25) is 9.78 Å². The number of nitrogens with zero attached hydrogens (tertiary/aromatic N) is 4.